The Hall–Kier alpha value is -0.670. The molecule has 0 saturated carbocycles. The number of hydrogen-bond donors (Lipinski definition) is 0. The van der Waals surface area contributed by atoms with Crippen molar-refractivity contribution >= 4 is 29.3 Å². The molecule has 2 unspecified atom stereocenters. The molecule has 1 aliphatic heterocycles. The molecule has 0 N–H and O–H groups in total. The second-order valence-corrected chi connectivity index (χ2v) is 7.36. The van der Waals surface area contributed by atoms with Crippen LogP contribution in [0.2, 0.25) is 5.02 Å². The molecule has 122 valence electrons. The molecule has 22 heavy (non-hydrogen) atoms. The summed E-state index contributed by atoms with van der Waals surface area (Å²) in [5, 5.41) is 0.750. The summed E-state index contributed by atoms with van der Waals surface area (Å²) >= 11 is 7.79. The van der Waals surface area contributed by atoms with Crippen molar-refractivity contribution in [1.29, 1.82) is 0 Å². The van der Waals surface area contributed by atoms with Crippen LogP contribution in [0.4, 0.5) is 0 Å². The van der Waals surface area contributed by atoms with E-state index in [1.807, 2.05) is 12.1 Å². The molecular formula is C18H26ClNOS. The van der Waals surface area contributed by atoms with Crippen LogP contribution >= 0.6 is 23.4 Å². The predicted molar refractivity (Wildman–Crippen MR) is 96.5 cm³/mol. The average Bonchev–Trinajstić information content (AvgIpc) is 2.53. The summed E-state index contributed by atoms with van der Waals surface area (Å²) in [6, 6.07) is 8.54. The Morgan fingerprint density at radius 2 is 1.86 bits per heavy atom. The van der Waals surface area contributed by atoms with Crippen molar-refractivity contribution in [1.82, 2.24) is 4.90 Å². The van der Waals surface area contributed by atoms with Gasteiger partial charge in [0.2, 0.25) is 5.91 Å². The number of rotatable bonds is 6. The molecule has 1 fully saturated rings. The van der Waals surface area contributed by atoms with Crippen LogP contribution in [0.15, 0.2) is 24.3 Å². The van der Waals surface area contributed by atoms with Crippen LogP contribution in [-0.2, 0) is 4.79 Å². The van der Waals surface area contributed by atoms with Gasteiger partial charge in [0.25, 0.3) is 0 Å². The van der Waals surface area contributed by atoms with Crippen molar-refractivity contribution in [3.63, 3.8) is 0 Å². The maximum absolute atomic E-state index is 13.0. The average molecular weight is 340 g/mol. The Labute approximate surface area is 143 Å². The van der Waals surface area contributed by atoms with Crippen LogP contribution in [0.25, 0.3) is 0 Å². The molecule has 2 nitrogen and oxygen atoms in total. The zero-order valence-electron chi connectivity index (χ0n) is 13.7. The second-order valence-electron chi connectivity index (χ2n) is 6.01. The van der Waals surface area contributed by atoms with E-state index in [2.05, 4.69) is 37.1 Å². The van der Waals surface area contributed by atoms with Gasteiger partial charge in [0.15, 0.2) is 0 Å². The highest BCUT2D eigenvalue weighted by molar-refractivity contribution is 7.98. The molecule has 1 aromatic rings. The number of amides is 1. The lowest BCUT2D eigenvalue weighted by atomic mass is 9.87. The van der Waals surface area contributed by atoms with Gasteiger partial charge in [-0.1, -0.05) is 37.6 Å². The van der Waals surface area contributed by atoms with Crippen molar-refractivity contribution in [3.8, 4) is 0 Å². The van der Waals surface area contributed by atoms with E-state index < -0.39 is 0 Å². The number of halogens is 1. The number of thioether (sulfide) groups is 1. The smallest absolute Gasteiger partial charge is 0.227 e. The van der Waals surface area contributed by atoms with Crippen LogP contribution in [0.1, 0.15) is 51.1 Å². The first-order valence-electron chi connectivity index (χ1n) is 8.18. The molecule has 1 aromatic carbocycles. The molecule has 1 aliphatic rings. The molecule has 1 heterocycles. The number of benzene rings is 1. The molecule has 1 saturated heterocycles. The summed E-state index contributed by atoms with van der Waals surface area (Å²) in [6.45, 7) is 4.36. The fourth-order valence-electron chi connectivity index (χ4n) is 3.47. The first kappa shape index (κ1) is 17.7. The van der Waals surface area contributed by atoms with Crippen LogP contribution < -0.4 is 0 Å². The molecule has 2 rings (SSSR count). The van der Waals surface area contributed by atoms with Gasteiger partial charge < -0.3 is 4.90 Å². The summed E-state index contributed by atoms with van der Waals surface area (Å²) in [7, 11) is 0. The maximum atomic E-state index is 13.0. The Morgan fingerprint density at radius 1 is 1.23 bits per heavy atom. The molecule has 0 radical (unpaired) electrons. The van der Waals surface area contributed by atoms with Crippen molar-refractivity contribution in [3.05, 3.63) is 34.9 Å². The third-order valence-corrected chi connectivity index (χ3v) is 5.67. The molecule has 0 aromatic heterocycles. The highest BCUT2D eigenvalue weighted by Gasteiger charge is 2.38. The highest BCUT2D eigenvalue weighted by Crippen LogP contribution is 2.38. The standard InChI is InChI=1S/C18H26ClNOS/c1-4-16(5-2)20-17(13-6-9-15(19)10-7-13)11-8-14(12-22-3)18(20)21/h6-7,9-10,14,16-17H,4-5,8,11-12H2,1-3H3. The highest BCUT2D eigenvalue weighted by atomic mass is 35.5. The summed E-state index contributed by atoms with van der Waals surface area (Å²) in [6.07, 6.45) is 6.15. The van der Waals surface area contributed by atoms with E-state index in [0.29, 0.717) is 11.9 Å². The van der Waals surface area contributed by atoms with E-state index in [1.165, 1.54) is 5.56 Å². The van der Waals surface area contributed by atoms with Gasteiger partial charge in [-0.15, -0.1) is 0 Å². The molecule has 0 bridgehead atoms. The first-order valence-corrected chi connectivity index (χ1v) is 9.96. The van der Waals surface area contributed by atoms with Crippen molar-refractivity contribution in [2.24, 2.45) is 5.92 Å². The predicted octanol–water partition coefficient (Wildman–Crippen LogP) is 5.17. The maximum Gasteiger partial charge on any atom is 0.227 e. The second kappa shape index (κ2) is 8.26. The zero-order valence-corrected chi connectivity index (χ0v) is 15.3. The first-order chi connectivity index (χ1) is 10.6. The third-order valence-electron chi connectivity index (χ3n) is 4.69. The third kappa shape index (κ3) is 3.80. The minimum absolute atomic E-state index is 0.180. The van der Waals surface area contributed by atoms with Gasteiger partial charge in [-0.2, -0.15) is 11.8 Å². The van der Waals surface area contributed by atoms with Crippen LogP contribution in [0.5, 0.6) is 0 Å². The number of piperidine rings is 1. The summed E-state index contributed by atoms with van der Waals surface area (Å²) in [5.74, 6) is 1.46. The summed E-state index contributed by atoms with van der Waals surface area (Å²) in [5.41, 5.74) is 1.22. The van der Waals surface area contributed by atoms with E-state index in [4.69, 9.17) is 11.6 Å². The largest absolute Gasteiger partial charge is 0.332 e. The molecular weight excluding hydrogens is 314 g/mol. The van der Waals surface area contributed by atoms with Gasteiger partial charge in [0.05, 0.1) is 6.04 Å². The fourth-order valence-corrected chi connectivity index (χ4v) is 4.31. The van der Waals surface area contributed by atoms with Gasteiger partial charge in [0, 0.05) is 22.7 Å². The Kier molecular flexibility index (Phi) is 6.64. The summed E-state index contributed by atoms with van der Waals surface area (Å²) in [4.78, 5) is 15.2. The van der Waals surface area contributed by atoms with E-state index in [9.17, 15) is 4.79 Å². The van der Waals surface area contributed by atoms with E-state index in [0.717, 1.165) is 36.5 Å². The van der Waals surface area contributed by atoms with Crippen LogP contribution in [0.3, 0.4) is 0 Å². The molecule has 4 heteroatoms. The lowest BCUT2D eigenvalue weighted by Gasteiger charge is -2.44. The summed E-state index contributed by atoms with van der Waals surface area (Å²) < 4.78 is 0. The Morgan fingerprint density at radius 3 is 2.41 bits per heavy atom. The fraction of sp³-hybridized carbons (Fsp3) is 0.611. The molecule has 0 spiro atoms. The minimum atomic E-state index is 0.180. The molecule has 0 aliphatic carbocycles. The van der Waals surface area contributed by atoms with Gasteiger partial charge >= 0.3 is 0 Å². The zero-order chi connectivity index (χ0) is 16.1. The SMILES string of the molecule is CCC(CC)N1C(=O)C(CSC)CCC1c1ccc(Cl)cc1. The van der Waals surface area contributed by atoms with E-state index >= 15 is 0 Å². The topological polar surface area (TPSA) is 20.3 Å². The molecule has 2 atom stereocenters. The Balaban J connectivity index is 2.30. The van der Waals surface area contributed by atoms with Crippen molar-refractivity contribution < 1.29 is 4.79 Å². The minimum Gasteiger partial charge on any atom is -0.332 e. The van der Waals surface area contributed by atoms with Crippen LogP contribution in [0, 0.1) is 5.92 Å². The quantitative estimate of drug-likeness (QED) is 0.712. The lowest BCUT2D eigenvalue weighted by Crippen LogP contribution is -2.49. The lowest BCUT2D eigenvalue weighted by molar-refractivity contribution is -0.144. The number of carbonyl (C=O) groups is 1. The van der Waals surface area contributed by atoms with Gasteiger partial charge in [-0.3, -0.25) is 4.79 Å². The number of nitrogens with zero attached hydrogens (tertiary/aromatic N) is 1. The monoisotopic (exact) mass is 339 g/mol. The van der Waals surface area contributed by atoms with E-state index in [-0.39, 0.29) is 12.0 Å². The van der Waals surface area contributed by atoms with Crippen LogP contribution in [-0.4, -0.2) is 28.9 Å². The van der Waals surface area contributed by atoms with Crippen molar-refractivity contribution in [2.75, 3.05) is 12.0 Å². The normalized spacial score (nSPS) is 22.4. The van der Waals surface area contributed by atoms with E-state index in [1.54, 1.807) is 11.8 Å². The molecule has 1 amide bonds. The number of likely N-dealkylation sites (tertiary alicyclic amines) is 1. The van der Waals surface area contributed by atoms with Gasteiger partial charge in [-0.25, -0.2) is 0 Å². The Bertz CT molecular complexity index is 486. The van der Waals surface area contributed by atoms with Gasteiger partial charge in [-0.05, 0) is 49.6 Å². The number of carbonyl (C=O) groups excluding carboxylic acids is 1. The van der Waals surface area contributed by atoms with Gasteiger partial charge in [0.1, 0.15) is 0 Å². The van der Waals surface area contributed by atoms with Crippen molar-refractivity contribution in [2.45, 2.75) is 51.6 Å². The number of hydrogen-bond acceptors (Lipinski definition) is 2.